The largest absolute Gasteiger partial charge is 0.330 e. The van der Waals surface area contributed by atoms with Crippen LogP contribution < -0.4 is 10.5 Å². The van der Waals surface area contributed by atoms with Crippen molar-refractivity contribution in [3.05, 3.63) is 40.9 Å². The first-order valence-electron chi connectivity index (χ1n) is 6.13. The van der Waals surface area contributed by atoms with Crippen LogP contribution in [0.1, 0.15) is 6.42 Å². The third-order valence-corrected chi connectivity index (χ3v) is 4.50. The first kappa shape index (κ1) is 15.9. The highest BCUT2D eigenvalue weighted by Crippen LogP contribution is 2.23. The lowest BCUT2D eigenvalue weighted by molar-refractivity contribution is 0.582. The maximum Gasteiger partial charge on any atom is 0.265 e. The van der Waals surface area contributed by atoms with Crippen LogP contribution in [0.3, 0.4) is 0 Å². The van der Waals surface area contributed by atoms with Crippen molar-refractivity contribution in [2.75, 3.05) is 11.3 Å². The minimum Gasteiger partial charge on any atom is -0.330 e. The number of aryl methyl sites for hydroxylation is 1. The molecule has 2 aromatic rings. The quantitative estimate of drug-likeness (QED) is 0.805. The molecule has 6 nitrogen and oxygen atoms in total. The first-order chi connectivity index (χ1) is 9.92. The number of halogens is 2. The number of hydrogen-bond donors (Lipinski definition) is 2. The van der Waals surface area contributed by atoms with Gasteiger partial charge in [0.25, 0.3) is 10.0 Å². The Balaban J connectivity index is 2.22. The Morgan fingerprint density at radius 1 is 1.43 bits per heavy atom. The summed E-state index contributed by atoms with van der Waals surface area (Å²) in [7, 11) is -3.88. The normalized spacial score (nSPS) is 11.6. The summed E-state index contributed by atoms with van der Waals surface area (Å²) in [6.45, 7) is 1.01. The molecule has 0 fully saturated rings. The van der Waals surface area contributed by atoms with Gasteiger partial charge in [-0.05, 0) is 31.2 Å². The number of sulfonamides is 1. The lowest BCUT2D eigenvalue weighted by Gasteiger charge is -2.07. The van der Waals surface area contributed by atoms with Gasteiger partial charge in [0.05, 0.1) is 11.9 Å². The molecule has 9 heteroatoms. The standard InChI is InChI=1S/C12H14BrFN4O2S/c13-9-2-3-11(14)12(6-9)17-21(19,20)10-7-16-18(8-10)5-1-4-15/h2-3,6-8,17H,1,4-5,15H2. The molecule has 0 aliphatic carbocycles. The van der Waals surface area contributed by atoms with E-state index in [1.54, 1.807) is 0 Å². The SMILES string of the molecule is NCCCn1cc(S(=O)(=O)Nc2cc(Br)ccc2F)cn1. The van der Waals surface area contributed by atoms with Crippen molar-refractivity contribution in [2.45, 2.75) is 17.9 Å². The molecule has 0 aliphatic rings. The predicted octanol–water partition coefficient (Wildman–Crippen LogP) is 1.93. The predicted molar refractivity (Wildman–Crippen MR) is 80.8 cm³/mol. The summed E-state index contributed by atoms with van der Waals surface area (Å²) in [6.07, 6.45) is 3.29. The van der Waals surface area contributed by atoms with E-state index in [0.717, 1.165) is 0 Å². The van der Waals surface area contributed by atoms with Gasteiger partial charge in [-0.2, -0.15) is 5.10 Å². The molecule has 21 heavy (non-hydrogen) atoms. The maximum absolute atomic E-state index is 13.6. The molecular formula is C12H14BrFN4O2S. The Labute approximate surface area is 130 Å². The Kier molecular flexibility index (Phi) is 4.96. The van der Waals surface area contributed by atoms with E-state index in [4.69, 9.17) is 5.73 Å². The van der Waals surface area contributed by atoms with Gasteiger partial charge in [-0.15, -0.1) is 0 Å². The fraction of sp³-hybridized carbons (Fsp3) is 0.250. The molecule has 3 N–H and O–H groups in total. The molecule has 114 valence electrons. The molecule has 0 atom stereocenters. The van der Waals surface area contributed by atoms with Gasteiger partial charge in [-0.3, -0.25) is 9.40 Å². The van der Waals surface area contributed by atoms with Crippen LogP contribution in [0.2, 0.25) is 0 Å². The molecule has 1 aromatic heterocycles. The van der Waals surface area contributed by atoms with Gasteiger partial charge in [0.15, 0.2) is 0 Å². The summed E-state index contributed by atoms with van der Waals surface area (Å²) >= 11 is 3.16. The summed E-state index contributed by atoms with van der Waals surface area (Å²) in [5, 5.41) is 3.94. The van der Waals surface area contributed by atoms with Crippen LogP contribution in [0.15, 0.2) is 40.0 Å². The Bertz CT molecular complexity index is 733. The third kappa shape index (κ3) is 4.02. The zero-order valence-corrected chi connectivity index (χ0v) is 13.4. The number of aromatic nitrogens is 2. The fourth-order valence-electron chi connectivity index (χ4n) is 1.64. The van der Waals surface area contributed by atoms with Crippen LogP contribution in [0.5, 0.6) is 0 Å². The first-order valence-corrected chi connectivity index (χ1v) is 8.40. The number of nitrogens with zero attached hydrogens (tertiary/aromatic N) is 2. The lowest BCUT2D eigenvalue weighted by Crippen LogP contribution is -2.13. The molecule has 0 spiro atoms. The summed E-state index contributed by atoms with van der Waals surface area (Å²) in [5.41, 5.74) is 5.26. The Hall–Kier alpha value is -1.45. The molecule has 0 radical (unpaired) electrons. The molecule has 0 bridgehead atoms. The average molecular weight is 377 g/mol. The van der Waals surface area contributed by atoms with Crippen LogP contribution in [0.4, 0.5) is 10.1 Å². The van der Waals surface area contributed by atoms with E-state index in [1.807, 2.05) is 0 Å². The number of benzene rings is 1. The second-order valence-corrected chi connectivity index (χ2v) is 6.91. The fourth-order valence-corrected chi connectivity index (χ4v) is 3.01. The van der Waals surface area contributed by atoms with Crippen molar-refractivity contribution in [3.63, 3.8) is 0 Å². The smallest absolute Gasteiger partial charge is 0.265 e. The van der Waals surface area contributed by atoms with Crippen LogP contribution in [-0.2, 0) is 16.6 Å². The molecule has 0 amide bonds. The molecule has 2 rings (SSSR count). The highest BCUT2D eigenvalue weighted by Gasteiger charge is 2.18. The minimum atomic E-state index is -3.88. The van der Waals surface area contributed by atoms with Gasteiger partial charge >= 0.3 is 0 Å². The number of rotatable bonds is 6. The van der Waals surface area contributed by atoms with Crippen molar-refractivity contribution >= 4 is 31.6 Å². The van der Waals surface area contributed by atoms with Gasteiger partial charge in [-0.25, -0.2) is 12.8 Å². The molecular weight excluding hydrogens is 363 g/mol. The second kappa shape index (κ2) is 6.54. The Morgan fingerprint density at radius 2 is 2.19 bits per heavy atom. The third-order valence-electron chi connectivity index (χ3n) is 2.68. The highest BCUT2D eigenvalue weighted by molar-refractivity contribution is 9.10. The minimum absolute atomic E-state index is 0.0288. The van der Waals surface area contributed by atoms with Crippen LogP contribution in [-0.4, -0.2) is 24.7 Å². The van der Waals surface area contributed by atoms with Crippen LogP contribution >= 0.6 is 15.9 Å². The van der Waals surface area contributed by atoms with Gasteiger partial charge in [0.1, 0.15) is 10.7 Å². The number of anilines is 1. The topological polar surface area (TPSA) is 90.0 Å². The zero-order valence-electron chi connectivity index (χ0n) is 11.0. The van der Waals surface area contributed by atoms with E-state index in [-0.39, 0.29) is 10.6 Å². The van der Waals surface area contributed by atoms with Crippen molar-refractivity contribution < 1.29 is 12.8 Å². The summed E-state index contributed by atoms with van der Waals surface area (Å²) in [6, 6.07) is 4.01. The van der Waals surface area contributed by atoms with E-state index < -0.39 is 15.8 Å². The van der Waals surface area contributed by atoms with Crippen molar-refractivity contribution in [1.82, 2.24) is 9.78 Å². The average Bonchev–Trinajstić information content (AvgIpc) is 2.90. The van der Waals surface area contributed by atoms with E-state index in [0.29, 0.717) is 24.0 Å². The van der Waals surface area contributed by atoms with E-state index in [1.165, 1.54) is 35.3 Å². The molecule has 1 heterocycles. The van der Waals surface area contributed by atoms with E-state index >= 15 is 0 Å². The van der Waals surface area contributed by atoms with Gasteiger partial charge in [0, 0.05) is 17.2 Å². The highest BCUT2D eigenvalue weighted by atomic mass is 79.9. The van der Waals surface area contributed by atoms with Crippen LogP contribution in [0.25, 0.3) is 0 Å². The summed E-state index contributed by atoms with van der Waals surface area (Å²) < 4.78 is 42.2. The lowest BCUT2D eigenvalue weighted by atomic mass is 10.3. The molecule has 0 aliphatic heterocycles. The zero-order chi connectivity index (χ0) is 15.5. The number of nitrogens with two attached hydrogens (primary N) is 1. The number of nitrogens with one attached hydrogen (secondary N) is 1. The van der Waals surface area contributed by atoms with Crippen molar-refractivity contribution in [2.24, 2.45) is 5.73 Å². The summed E-state index contributed by atoms with van der Waals surface area (Å²) in [4.78, 5) is -0.0288. The van der Waals surface area contributed by atoms with Gasteiger partial charge in [0.2, 0.25) is 0 Å². The van der Waals surface area contributed by atoms with Crippen LogP contribution in [0, 0.1) is 5.82 Å². The van der Waals surface area contributed by atoms with Crippen molar-refractivity contribution in [1.29, 1.82) is 0 Å². The maximum atomic E-state index is 13.6. The van der Waals surface area contributed by atoms with Gasteiger partial charge in [-0.1, -0.05) is 15.9 Å². The monoisotopic (exact) mass is 376 g/mol. The van der Waals surface area contributed by atoms with Gasteiger partial charge < -0.3 is 5.73 Å². The molecule has 0 saturated heterocycles. The Morgan fingerprint density at radius 3 is 2.90 bits per heavy atom. The number of hydrogen-bond acceptors (Lipinski definition) is 4. The summed E-state index contributed by atoms with van der Waals surface area (Å²) in [5.74, 6) is -0.655. The molecule has 0 unspecified atom stereocenters. The van der Waals surface area contributed by atoms with E-state index in [2.05, 4.69) is 25.8 Å². The van der Waals surface area contributed by atoms with Crippen molar-refractivity contribution in [3.8, 4) is 0 Å². The molecule has 0 saturated carbocycles. The second-order valence-electron chi connectivity index (χ2n) is 4.31. The van der Waals surface area contributed by atoms with E-state index in [9.17, 15) is 12.8 Å². The molecule has 1 aromatic carbocycles.